The smallest absolute Gasteiger partial charge is 0.318 e. The summed E-state index contributed by atoms with van der Waals surface area (Å²) >= 11 is 0. The van der Waals surface area contributed by atoms with Gasteiger partial charge in [0.05, 0.1) is 4.92 Å². The van der Waals surface area contributed by atoms with Crippen LogP contribution in [0.5, 0.6) is 0 Å². The van der Waals surface area contributed by atoms with E-state index in [4.69, 9.17) is 0 Å². The highest BCUT2D eigenvalue weighted by atomic mass is 16.6. The molecule has 132 valence electrons. The number of hydrogen-bond acceptors (Lipinski definition) is 5. The van der Waals surface area contributed by atoms with Crippen molar-refractivity contribution >= 4 is 29.0 Å². The Morgan fingerprint density at radius 3 is 2.20 bits per heavy atom. The number of carbonyl (C=O) groups is 2. The van der Waals surface area contributed by atoms with E-state index in [2.05, 4.69) is 21.0 Å². The Balaban J connectivity index is 2.02. The Hall–Kier alpha value is -3.43. The van der Waals surface area contributed by atoms with Crippen molar-refractivity contribution < 1.29 is 14.5 Å². The molecule has 3 N–H and O–H groups in total. The van der Waals surface area contributed by atoms with Crippen molar-refractivity contribution in [1.82, 2.24) is 15.1 Å². The van der Waals surface area contributed by atoms with Crippen molar-refractivity contribution in [3.8, 4) is 0 Å². The molecule has 10 heteroatoms. The van der Waals surface area contributed by atoms with Gasteiger partial charge in [-0.25, -0.2) is 4.79 Å². The first-order chi connectivity index (χ1) is 11.8. The second kappa shape index (κ2) is 7.43. The van der Waals surface area contributed by atoms with E-state index in [-0.39, 0.29) is 29.9 Å². The summed E-state index contributed by atoms with van der Waals surface area (Å²) in [6.07, 6.45) is 0. The van der Waals surface area contributed by atoms with Crippen LogP contribution >= 0.6 is 0 Å². The van der Waals surface area contributed by atoms with Gasteiger partial charge in [-0.15, -0.1) is 0 Å². The van der Waals surface area contributed by atoms with Crippen molar-refractivity contribution in [3.05, 3.63) is 45.8 Å². The van der Waals surface area contributed by atoms with Gasteiger partial charge < -0.3 is 16.0 Å². The van der Waals surface area contributed by atoms with Crippen LogP contribution in [0.3, 0.4) is 0 Å². The number of urea groups is 1. The van der Waals surface area contributed by atoms with E-state index < -0.39 is 4.92 Å². The summed E-state index contributed by atoms with van der Waals surface area (Å²) in [5, 5.41) is 22.7. The molecule has 0 bridgehead atoms. The molecule has 25 heavy (non-hydrogen) atoms. The maximum Gasteiger partial charge on any atom is 0.318 e. The highest BCUT2D eigenvalue weighted by Gasteiger charge is 2.22. The number of amides is 3. The van der Waals surface area contributed by atoms with Gasteiger partial charge in [-0.2, -0.15) is 5.10 Å². The highest BCUT2D eigenvalue weighted by Crippen LogP contribution is 2.21. The van der Waals surface area contributed by atoms with Gasteiger partial charge in [0.1, 0.15) is 17.9 Å². The fourth-order valence-electron chi connectivity index (χ4n) is 2.27. The normalized spacial score (nSPS) is 10.2. The lowest BCUT2D eigenvalue weighted by molar-refractivity contribution is -0.386. The topological polar surface area (TPSA) is 131 Å². The van der Waals surface area contributed by atoms with Gasteiger partial charge in [-0.1, -0.05) is 0 Å². The fourth-order valence-corrected chi connectivity index (χ4v) is 2.27. The van der Waals surface area contributed by atoms with Crippen molar-refractivity contribution in [3.63, 3.8) is 0 Å². The minimum atomic E-state index is -0.510. The number of aromatic nitrogens is 2. The SMILES string of the molecule is CNC(=O)Nc1ccc(NC(=O)Cn2nc(C)c([N+](=O)[O-])c2C)cc1. The van der Waals surface area contributed by atoms with Crippen LogP contribution in [-0.2, 0) is 11.3 Å². The maximum atomic E-state index is 12.1. The lowest BCUT2D eigenvalue weighted by Gasteiger charge is -2.08. The Morgan fingerprint density at radius 1 is 1.16 bits per heavy atom. The molecule has 0 unspecified atom stereocenters. The van der Waals surface area contributed by atoms with E-state index in [9.17, 15) is 19.7 Å². The standard InChI is InChI=1S/C15H18N6O4/c1-9-14(21(24)25)10(2)20(19-9)8-13(22)17-11-4-6-12(7-5-11)18-15(23)16-3/h4-7H,8H2,1-3H3,(H,17,22)(H2,16,18,23). The van der Waals surface area contributed by atoms with Gasteiger partial charge >= 0.3 is 11.7 Å². The summed E-state index contributed by atoms with van der Waals surface area (Å²) in [5.41, 5.74) is 1.61. The van der Waals surface area contributed by atoms with Crippen LogP contribution in [0.1, 0.15) is 11.4 Å². The number of anilines is 2. The molecule has 10 nitrogen and oxygen atoms in total. The summed E-state index contributed by atoms with van der Waals surface area (Å²) in [5.74, 6) is -0.368. The summed E-state index contributed by atoms with van der Waals surface area (Å²) in [6.45, 7) is 2.93. The Bertz CT molecular complexity index is 812. The van der Waals surface area contributed by atoms with E-state index in [1.807, 2.05) is 0 Å². The van der Waals surface area contributed by atoms with Crippen LogP contribution in [0, 0.1) is 24.0 Å². The first kappa shape index (κ1) is 17.9. The van der Waals surface area contributed by atoms with E-state index in [0.29, 0.717) is 17.1 Å². The van der Waals surface area contributed by atoms with E-state index in [1.54, 1.807) is 31.2 Å². The van der Waals surface area contributed by atoms with Gasteiger partial charge in [0, 0.05) is 18.4 Å². The zero-order valence-electron chi connectivity index (χ0n) is 14.0. The average Bonchev–Trinajstić information content (AvgIpc) is 2.82. The molecule has 0 radical (unpaired) electrons. The van der Waals surface area contributed by atoms with Crippen LogP contribution in [0.25, 0.3) is 0 Å². The minimum Gasteiger partial charge on any atom is -0.341 e. The van der Waals surface area contributed by atoms with Crippen molar-refractivity contribution in [2.75, 3.05) is 17.7 Å². The second-order valence-electron chi connectivity index (χ2n) is 5.26. The Morgan fingerprint density at radius 2 is 1.72 bits per heavy atom. The highest BCUT2D eigenvalue weighted by molar-refractivity contribution is 5.92. The molecule has 2 rings (SSSR count). The molecular formula is C15H18N6O4. The lowest BCUT2D eigenvalue weighted by atomic mass is 10.2. The summed E-state index contributed by atoms with van der Waals surface area (Å²) in [4.78, 5) is 33.8. The monoisotopic (exact) mass is 346 g/mol. The zero-order valence-corrected chi connectivity index (χ0v) is 14.0. The second-order valence-corrected chi connectivity index (χ2v) is 5.26. The molecule has 0 saturated heterocycles. The zero-order chi connectivity index (χ0) is 18.6. The average molecular weight is 346 g/mol. The summed E-state index contributed by atoms with van der Waals surface area (Å²) < 4.78 is 1.30. The molecule has 0 aliphatic heterocycles. The Labute approximate surface area is 143 Å². The molecule has 1 aromatic heterocycles. The largest absolute Gasteiger partial charge is 0.341 e. The number of hydrogen-bond donors (Lipinski definition) is 3. The van der Waals surface area contributed by atoms with Gasteiger partial charge in [-0.05, 0) is 38.1 Å². The first-order valence-electron chi connectivity index (χ1n) is 7.39. The van der Waals surface area contributed by atoms with Crippen LogP contribution in [0.4, 0.5) is 21.9 Å². The van der Waals surface area contributed by atoms with Crippen LogP contribution in [-0.4, -0.2) is 33.7 Å². The van der Waals surface area contributed by atoms with Gasteiger partial charge in [0.15, 0.2) is 0 Å². The quantitative estimate of drug-likeness (QED) is 0.561. The third kappa shape index (κ3) is 4.31. The Kier molecular flexibility index (Phi) is 5.32. The number of nitrogens with zero attached hydrogens (tertiary/aromatic N) is 3. The maximum absolute atomic E-state index is 12.1. The van der Waals surface area contributed by atoms with Crippen molar-refractivity contribution in [2.45, 2.75) is 20.4 Å². The number of aryl methyl sites for hydroxylation is 1. The fraction of sp³-hybridized carbons (Fsp3) is 0.267. The molecule has 3 amide bonds. The molecule has 0 fully saturated rings. The predicted molar refractivity (Wildman–Crippen MR) is 91.5 cm³/mol. The molecule has 0 aliphatic carbocycles. The van der Waals surface area contributed by atoms with Crippen LogP contribution in [0.2, 0.25) is 0 Å². The molecular weight excluding hydrogens is 328 g/mol. The molecule has 0 saturated carbocycles. The van der Waals surface area contributed by atoms with Gasteiger partial charge in [-0.3, -0.25) is 19.6 Å². The molecule has 1 aromatic carbocycles. The summed E-state index contributed by atoms with van der Waals surface area (Å²) in [7, 11) is 1.51. The molecule has 2 aromatic rings. The number of nitro groups is 1. The van der Waals surface area contributed by atoms with Crippen molar-refractivity contribution in [2.24, 2.45) is 0 Å². The van der Waals surface area contributed by atoms with Gasteiger partial charge in [0.2, 0.25) is 5.91 Å². The number of benzene rings is 1. The lowest BCUT2D eigenvalue weighted by Crippen LogP contribution is -2.24. The van der Waals surface area contributed by atoms with Crippen molar-refractivity contribution in [1.29, 1.82) is 0 Å². The number of carbonyl (C=O) groups excluding carboxylic acids is 2. The van der Waals surface area contributed by atoms with E-state index in [1.165, 1.54) is 18.7 Å². The number of rotatable bonds is 5. The first-order valence-corrected chi connectivity index (χ1v) is 7.39. The van der Waals surface area contributed by atoms with Gasteiger partial charge in [0.25, 0.3) is 0 Å². The molecule has 0 atom stereocenters. The minimum absolute atomic E-state index is 0.0857. The number of nitrogens with one attached hydrogen (secondary N) is 3. The predicted octanol–water partition coefficient (Wildman–Crippen LogP) is 1.80. The van der Waals surface area contributed by atoms with E-state index >= 15 is 0 Å². The molecule has 1 heterocycles. The molecule has 0 aliphatic rings. The molecule has 0 spiro atoms. The third-order valence-electron chi connectivity index (χ3n) is 3.47. The summed E-state index contributed by atoms with van der Waals surface area (Å²) in [6, 6.07) is 6.19. The third-order valence-corrected chi connectivity index (χ3v) is 3.47. The van der Waals surface area contributed by atoms with Crippen LogP contribution < -0.4 is 16.0 Å². The van der Waals surface area contributed by atoms with Crippen LogP contribution in [0.15, 0.2) is 24.3 Å². The van der Waals surface area contributed by atoms with E-state index in [0.717, 1.165) is 0 Å².